The van der Waals surface area contributed by atoms with Crippen molar-refractivity contribution in [3.05, 3.63) is 0 Å². The average molecular weight is 236 g/mol. The molecule has 3 fully saturated rings. The van der Waals surface area contributed by atoms with Gasteiger partial charge in [0.2, 0.25) is 0 Å². The predicted molar refractivity (Wildman–Crippen MR) is 72.1 cm³/mol. The minimum absolute atomic E-state index is 0.737. The van der Waals surface area contributed by atoms with Crippen molar-refractivity contribution in [2.45, 2.75) is 44.9 Å². The highest BCUT2D eigenvalue weighted by Crippen LogP contribution is 2.49. The number of hydrogen-bond donors (Lipinski definition) is 1. The quantitative estimate of drug-likeness (QED) is 0.752. The zero-order valence-electron chi connectivity index (χ0n) is 11.4. The van der Waals surface area contributed by atoms with E-state index in [-0.39, 0.29) is 0 Å². The zero-order valence-corrected chi connectivity index (χ0v) is 11.4. The number of hydrogen-bond acceptors (Lipinski definition) is 2. The summed E-state index contributed by atoms with van der Waals surface area (Å²) in [5.41, 5.74) is 0.737. The molecule has 0 radical (unpaired) electrons. The molecule has 0 bridgehead atoms. The van der Waals surface area contributed by atoms with Crippen LogP contribution >= 0.6 is 0 Å². The first-order chi connectivity index (χ1) is 8.27. The van der Waals surface area contributed by atoms with E-state index in [9.17, 15) is 0 Å². The molecule has 2 heteroatoms. The lowest BCUT2D eigenvalue weighted by Crippen LogP contribution is -2.50. The first-order valence-electron chi connectivity index (χ1n) is 7.67. The first-order valence-corrected chi connectivity index (χ1v) is 7.67. The van der Waals surface area contributed by atoms with Gasteiger partial charge in [-0.1, -0.05) is 6.42 Å². The molecule has 0 amide bonds. The van der Waals surface area contributed by atoms with Crippen LogP contribution in [0.25, 0.3) is 0 Å². The average Bonchev–Trinajstić information content (AvgIpc) is 2.52. The van der Waals surface area contributed by atoms with Crippen LogP contribution in [0.3, 0.4) is 0 Å². The lowest BCUT2D eigenvalue weighted by Gasteiger charge is -2.49. The second kappa shape index (κ2) is 4.89. The van der Waals surface area contributed by atoms with Gasteiger partial charge in [0.1, 0.15) is 0 Å². The molecule has 3 rings (SSSR count). The molecular weight excluding hydrogens is 208 g/mol. The van der Waals surface area contributed by atoms with Crippen LogP contribution < -0.4 is 5.32 Å². The zero-order chi connectivity index (χ0) is 11.7. The number of likely N-dealkylation sites (tertiary alicyclic amines) is 1. The Morgan fingerprint density at radius 3 is 2.71 bits per heavy atom. The molecule has 2 nitrogen and oxygen atoms in total. The summed E-state index contributed by atoms with van der Waals surface area (Å²) in [6.07, 6.45) is 10.4. The Bertz CT molecular complexity index is 260. The van der Waals surface area contributed by atoms with Crippen molar-refractivity contribution in [1.29, 1.82) is 0 Å². The Hall–Kier alpha value is -0.0800. The molecule has 2 atom stereocenters. The van der Waals surface area contributed by atoms with Gasteiger partial charge in [-0.15, -0.1) is 0 Å². The molecule has 2 aliphatic heterocycles. The van der Waals surface area contributed by atoms with E-state index in [0.717, 1.165) is 17.3 Å². The normalized spacial score (nSPS) is 38.6. The van der Waals surface area contributed by atoms with Gasteiger partial charge < -0.3 is 10.2 Å². The van der Waals surface area contributed by atoms with Gasteiger partial charge in [-0.05, 0) is 82.5 Å². The fraction of sp³-hybridized carbons (Fsp3) is 1.00. The SMILES string of the molecule is CN1CCCC(C2CNCC3(CCC3)C2)CC1. The maximum Gasteiger partial charge on any atom is 0.000804 e. The summed E-state index contributed by atoms with van der Waals surface area (Å²) in [6.45, 7) is 5.27. The molecule has 2 saturated heterocycles. The van der Waals surface area contributed by atoms with Gasteiger partial charge in [0.15, 0.2) is 0 Å². The molecule has 1 aliphatic carbocycles. The third-order valence-corrected chi connectivity index (χ3v) is 5.68. The van der Waals surface area contributed by atoms with Crippen LogP contribution in [-0.2, 0) is 0 Å². The van der Waals surface area contributed by atoms with Crippen molar-refractivity contribution in [2.24, 2.45) is 17.3 Å². The largest absolute Gasteiger partial charge is 0.316 e. The second-order valence-electron chi connectivity index (χ2n) is 6.94. The van der Waals surface area contributed by atoms with E-state index < -0.39 is 0 Å². The van der Waals surface area contributed by atoms with Crippen molar-refractivity contribution in [3.63, 3.8) is 0 Å². The van der Waals surface area contributed by atoms with E-state index in [1.807, 2.05) is 0 Å². The van der Waals surface area contributed by atoms with E-state index in [2.05, 4.69) is 17.3 Å². The highest BCUT2D eigenvalue weighted by Gasteiger charge is 2.42. The maximum atomic E-state index is 3.74. The lowest BCUT2D eigenvalue weighted by molar-refractivity contribution is 0.0402. The molecule has 0 aromatic heterocycles. The minimum Gasteiger partial charge on any atom is -0.316 e. The third-order valence-electron chi connectivity index (χ3n) is 5.68. The van der Waals surface area contributed by atoms with E-state index in [0.29, 0.717) is 0 Å². The van der Waals surface area contributed by atoms with Crippen molar-refractivity contribution < 1.29 is 0 Å². The van der Waals surface area contributed by atoms with Gasteiger partial charge in [0.05, 0.1) is 0 Å². The summed E-state index contributed by atoms with van der Waals surface area (Å²) in [5, 5.41) is 3.74. The maximum absolute atomic E-state index is 3.74. The Morgan fingerprint density at radius 1 is 1.06 bits per heavy atom. The van der Waals surface area contributed by atoms with Gasteiger partial charge in [0, 0.05) is 6.54 Å². The smallest absolute Gasteiger partial charge is 0.000804 e. The van der Waals surface area contributed by atoms with E-state index in [1.54, 1.807) is 0 Å². The Balaban J connectivity index is 1.59. The minimum atomic E-state index is 0.737. The Kier molecular flexibility index (Phi) is 3.45. The highest BCUT2D eigenvalue weighted by atomic mass is 15.1. The van der Waals surface area contributed by atoms with Crippen LogP contribution in [-0.4, -0.2) is 38.1 Å². The van der Waals surface area contributed by atoms with Crippen LogP contribution in [0.15, 0.2) is 0 Å². The van der Waals surface area contributed by atoms with E-state index >= 15 is 0 Å². The summed E-state index contributed by atoms with van der Waals surface area (Å²) in [7, 11) is 2.29. The van der Waals surface area contributed by atoms with Gasteiger partial charge in [0.25, 0.3) is 0 Å². The molecule has 0 aromatic carbocycles. The second-order valence-corrected chi connectivity index (χ2v) is 6.94. The predicted octanol–water partition coefficient (Wildman–Crippen LogP) is 2.50. The summed E-state index contributed by atoms with van der Waals surface area (Å²) >= 11 is 0. The molecule has 3 aliphatic rings. The highest BCUT2D eigenvalue weighted by molar-refractivity contribution is 4.96. The van der Waals surface area contributed by atoms with Crippen LogP contribution in [0.5, 0.6) is 0 Å². The summed E-state index contributed by atoms with van der Waals surface area (Å²) in [5.74, 6) is 1.99. The fourth-order valence-electron chi connectivity index (χ4n) is 4.35. The van der Waals surface area contributed by atoms with Gasteiger partial charge in [-0.3, -0.25) is 0 Å². The topological polar surface area (TPSA) is 15.3 Å². The lowest BCUT2D eigenvalue weighted by atomic mass is 9.60. The molecule has 98 valence electrons. The molecule has 1 saturated carbocycles. The summed E-state index contributed by atoms with van der Waals surface area (Å²) < 4.78 is 0. The molecule has 1 N–H and O–H groups in total. The summed E-state index contributed by atoms with van der Waals surface area (Å²) in [4.78, 5) is 2.52. The Labute approximate surface area is 106 Å². The van der Waals surface area contributed by atoms with Crippen molar-refractivity contribution in [3.8, 4) is 0 Å². The molecule has 17 heavy (non-hydrogen) atoms. The van der Waals surface area contributed by atoms with Crippen LogP contribution in [0, 0.1) is 17.3 Å². The number of nitrogens with one attached hydrogen (secondary N) is 1. The first kappa shape index (κ1) is 12.0. The number of nitrogens with zero attached hydrogens (tertiary/aromatic N) is 1. The van der Waals surface area contributed by atoms with Gasteiger partial charge >= 0.3 is 0 Å². The number of piperidine rings is 1. The molecule has 0 aromatic rings. The van der Waals surface area contributed by atoms with Gasteiger partial charge in [-0.2, -0.15) is 0 Å². The van der Waals surface area contributed by atoms with E-state index in [4.69, 9.17) is 0 Å². The third kappa shape index (κ3) is 2.53. The van der Waals surface area contributed by atoms with Gasteiger partial charge in [-0.25, -0.2) is 0 Å². The van der Waals surface area contributed by atoms with Crippen molar-refractivity contribution in [1.82, 2.24) is 10.2 Å². The molecule has 1 spiro atoms. The van der Waals surface area contributed by atoms with Crippen LogP contribution in [0.1, 0.15) is 44.9 Å². The molecule has 2 unspecified atom stereocenters. The van der Waals surface area contributed by atoms with Crippen LogP contribution in [0.2, 0.25) is 0 Å². The van der Waals surface area contributed by atoms with E-state index in [1.165, 1.54) is 71.1 Å². The standard InChI is InChI=1S/C15H28N2/c1-17-8-2-4-13(5-9-17)14-10-15(6-3-7-15)12-16-11-14/h13-14,16H,2-12H2,1H3. The molecular formula is C15H28N2. The summed E-state index contributed by atoms with van der Waals surface area (Å²) in [6, 6.07) is 0. The number of rotatable bonds is 1. The monoisotopic (exact) mass is 236 g/mol. The van der Waals surface area contributed by atoms with Crippen molar-refractivity contribution in [2.75, 3.05) is 33.2 Å². The van der Waals surface area contributed by atoms with Crippen LogP contribution in [0.4, 0.5) is 0 Å². The van der Waals surface area contributed by atoms with Crippen molar-refractivity contribution >= 4 is 0 Å². The molecule has 2 heterocycles. The fourth-order valence-corrected chi connectivity index (χ4v) is 4.35. The Morgan fingerprint density at radius 2 is 1.94 bits per heavy atom.